The Bertz CT molecular complexity index is 586. The smallest absolute Gasteiger partial charge is 0.341 e. The van der Waals surface area contributed by atoms with Gasteiger partial charge in [0.05, 0.1) is 12.7 Å². The summed E-state index contributed by atoms with van der Waals surface area (Å²) in [4.78, 5) is 15.8. The number of rotatable bonds is 4. The van der Waals surface area contributed by atoms with E-state index in [0.29, 0.717) is 10.2 Å². The van der Waals surface area contributed by atoms with Crippen LogP contribution in [-0.4, -0.2) is 18.1 Å². The Morgan fingerprint density at radius 3 is 2.89 bits per heavy atom. The van der Waals surface area contributed by atoms with Crippen LogP contribution in [0.1, 0.15) is 15.9 Å². The van der Waals surface area contributed by atoms with Crippen LogP contribution < -0.4 is 4.74 Å². The van der Waals surface area contributed by atoms with E-state index in [1.807, 2.05) is 24.3 Å². The maximum Gasteiger partial charge on any atom is 0.341 e. The van der Waals surface area contributed by atoms with E-state index in [4.69, 9.17) is 9.47 Å². The van der Waals surface area contributed by atoms with E-state index < -0.39 is 5.97 Å². The molecule has 1 aromatic heterocycles. The fraction of sp³-hybridized carbons (Fsp3) is 0.143. The normalized spacial score (nSPS) is 10.0. The minimum atomic E-state index is -0.414. The summed E-state index contributed by atoms with van der Waals surface area (Å²) < 4.78 is 10.8. The van der Waals surface area contributed by atoms with Gasteiger partial charge in [-0.3, -0.25) is 0 Å². The van der Waals surface area contributed by atoms with Crippen molar-refractivity contribution in [2.24, 2.45) is 0 Å². The van der Waals surface area contributed by atoms with Gasteiger partial charge >= 0.3 is 5.97 Å². The molecule has 19 heavy (non-hydrogen) atoms. The molecule has 0 radical (unpaired) electrons. The third-order valence-corrected chi connectivity index (χ3v) is 3.12. The van der Waals surface area contributed by atoms with E-state index in [-0.39, 0.29) is 6.61 Å². The number of carbonyl (C=O) groups excluding carboxylic acids is 1. The van der Waals surface area contributed by atoms with Crippen molar-refractivity contribution in [1.29, 1.82) is 0 Å². The summed E-state index contributed by atoms with van der Waals surface area (Å²) in [6, 6.07) is 10.7. The summed E-state index contributed by atoms with van der Waals surface area (Å²) in [6.07, 6.45) is 1.60. The average molecular weight is 322 g/mol. The van der Waals surface area contributed by atoms with Gasteiger partial charge in [0.1, 0.15) is 17.0 Å². The number of halogens is 1. The van der Waals surface area contributed by atoms with Gasteiger partial charge in [0.2, 0.25) is 0 Å². The Morgan fingerprint density at radius 1 is 1.32 bits per heavy atom. The van der Waals surface area contributed by atoms with Gasteiger partial charge in [-0.2, -0.15) is 0 Å². The first-order chi connectivity index (χ1) is 9.20. The van der Waals surface area contributed by atoms with E-state index in [1.54, 1.807) is 25.4 Å². The van der Waals surface area contributed by atoms with Crippen molar-refractivity contribution in [2.75, 3.05) is 7.11 Å². The van der Waals surface area contributed by atoms with Gasteiger partial charge in [-0.25, -0.2) is 9.78 Å². The van der Waals surface area contributed by atoms with Gasteiger partial charge in [-0.1, -0.05) is 12.1 Å². The van der Waals surface area contributed by atoms with Gasteiger partial charge < -0.3 is 9.47 Å². The molecule has 0 aliphatic carbocycles. The summed E-state index contributed by atoms with van der Waals surface area (Å²) in [5.74, 6) is 0.318. The molecular formula is C14H12BrNO3. The number of esters is 1. The van der Waals surface area contributed by atoms with Crippen LogP contribution in [0.15, 0.2) is 47.2 Å². The van der Waals surface area contributed by atoms with Gasteiger partial charge in [0, 0.05) is 6.20 Å². The molecule has 0 unspecified atom stereocenters. The zero-order valence-electron chi connectivity index (χ0n) is 10.3. The van der Waals surface area contributed by atoms with Gasteiger partial charge in [-0.05, 0) is 45.8 Å². The molecule has 1 aromatic carbocycles. The van der Waals surface area contributed by atoms with Gasteiger partial charge in [-0.15, -0.1) is 0 Å². The molecule has 98 valence electrons. The minimum absolute atomic E-state index is 0.192. The van der Waals surface area contributed by atoms with Crippen molar-refractivity contribution in [3.63, 3.8) is 0 Å². The topological polar surface area (TPSA) is 48.4 Å². The molecule has 5 heteroatoms. The van der Waals surface area contributed by atoms with E-state index in [1.165, 1.54) is 0 Å². The maximum absolute atomic E-state index is 11.9. The lowest BCUT2D eigenvalue weighted by molar-refractivity contribution is 0.0470. The van der Waals surface area contributed by atoms with E-state index in [9.17, 15) is 4.79 Å². The molecule has 0 aliphatic heterocycles. The standard InChI is InChI=1S/C14H12BrNO3/c1-18-11-5-2-4-10(8-11)9-19-14(17)12-6-3-7-16-13(12)15/h2-8H,9H2,1H3. The summed E-state index contributed by atoms with van der Waals surface area (Å²) in [7, 11) is 1.60. The lowest BCUT2D eigenvalue weighted by Crippen LogP contribution is -2.06. The second-order valence-corrected chi connectivity index (χ2v) is 4.52. The number of hydrogen-bond donors (Lipinski definition) is 0. The zero-order valence-corrected chi connectivity index (χ0v) is 11.9. The molecule has 0 atom stereocenters. The molecule has 0 aliphatic rings. The number of pyridine rings is 1. The van der Waals surface area contributed by atoms with Crippen molar-refractivity contribution in [1.82, 2.24) is 4.98 Å². The van der Waals surface area contributed by atoms with Crippen LogP contribution in [0.4, 0.5) is 0 Å². The maximum atomic E-state index is 11.9. The fourth-order valence-corrected chi connectivity index (χ4v) is 1.94. The highest BCUT2D eigenvalue weighted by molar-refractivity contribution is 9.10. The van der Waals surface area contributed by atoms with Crippen LogP contribution in [0.5, 0.6) is 5.75 Å². The highest BCUT2D eigenvalue weighted by Gasteiger charge is 2.11. The molecule has 0 amide bonds. The highest BCUT2D eigenvalue weighted by atomic mass is 79.9. The lowest BCUT2D eigenvalue weighted by Gasteiger charge is -2.07. The van der Waals surface area contributed by atoms with Crippen molar-refractivity contribution >= 4 is 21.9 Å². The molecule has 1 heterocycles. The minimum Gasteiger partial charge on any atom is -0.497 e. The van der Waals surface area contributed by atoms with Gasteiger partial charge in [0.15, 0.2) is 0 Å². The SMILES string of the molecule is COc1cccc(COC(=O)c2cccnc2Br)c1. The second-order valence-electron chi connectivity index (χ2n) is 3.77. The monoisotopic (exact) mass is 321 g/mol. The van der Waals surface area contributed by atoms with Crippen LogP contribution >= 0.6 is 15.9 Å². The van der Waals surface area contributed by atoms with E-state index in [0.717, 1.165) is 11.3 Å². The summed E-state index contributed by atoms with van der Waals surface area (Å²) in [5.41, 5.74) is 1.28. The zero-order chi connectivity index (χ0) is 13.7. The first-order valence-electron chi connectivity index (χ1n) is 5.61. The quantitative estimate of drug-likeness (QED) is 0.641. The molecule has 0 bridgehead atoms. The number of methoxy groups -OCH3 is 1. The van der Waals surface area contributed by atoms with Crippen LogP contribution in [0.2, 0.25) is 0 Å². The number of benzene rings is 1. The van der Waals surface area contributed by atoms with Crippen molar-refractivity contribution in [3.8, 4) is 5.75 Å². The molecule has 4 nitrogen and oxygen atoms in total. The van der Waals surface area contributed by atoms with Crippen molar-refractivity contribution < 1.29 is 14.3 Å². The van der Waals surface area contributed by atoms with Crippen LogP contribution in [0, 0.1) is 0 Å². The Kier molecular flexibility index (Phi) is 4.52. The van der Waals surface area contributed by atoms with Crippen molar-refractivity contribution in [3.05, 3.63) is 58.3 Å². The highest BCUT2D eigenvalue weighted by Crippen LogP contribution is 2.16. The number of hydrogen-bond acceptors (Lipinski definition) is 4. The predicted molar refractivity (Wildman–Crippen MR) is 74.1 cm³/mol. The first kappa shape index (κ1) is 13.5. The van der Waals surface area contributed by atoms with E-state index in [2.05, 4.69) is 20.9 Å². The molecule has 0 saturated heterocycles. The second kappa shape index (κ2) is 6.33. The molecule has 0 spiro atoms. The Labute approximate surface area is 119 Å². The molecule has 2 rings (SSSR count). The number of carbonyl (C=O) groups is 1. The fourth-order valence-electron chi connectivity index (χ4n) is 1.53. The van der Waals surface area contributed by atoms with E-state index >= 15 is 0 Å². The summed E-state index contributed by atoms with van der Waals surface area (Å²) >= 11 is 3.21. The number of ether oxygens (including phenoxy) is 2. The van der Waals surface area contributed by atoms with Gasteiger partial charge in [0.25, 0.3) is 0 Å². The van der Waals surface area contributed by atoms with Crippen LogP contribution in [0.25, 0.3) is 0 Å². The first-order valence-corrected chi connectivity index (χ1v) is 6.40. The Morgan fingerprint density at radius 2 is 2.16 bits per heavy atom. The number of nitrogens with zero attached hydrogens (tertiary/aromatic N) is 1. The van der Waals surface area contributed by atoms with Crippen molar-refractivity contribution in [2.45, 2.75) is 6.61 Å². The largest absolute Gasteiger partial charge is 0.497 e. The summed E-state index contributed by atoms with van der Waals surface area (Å²) in [6.45, 7) is 0.192. The Hall–Kier alpha value is -1.88. The molecule has 0 saturated carbocycles. The molecule has 0 N–H and O–H groups in total. The lowest BCUT2D eigenvalue weighted by atomic mass is 10.2. The predicted octanol–water partition coefficient (Wildman–Crippen LogP) is 3.21. The van der Waals surface area contributed by atoms with Crippen LogP contribution in [-0.2, 0) is 11.3 Å². The number of aromatic nitrogens is 1. The average Bonchev–Trinajstić information content (AvgIpc) is 2.45. The third-order valence-electron chi connectivity index (χ3n) is 2.48. The summed E-state index contributed by atoms with van der Waals surface area (Å²) in [5, 5.41) is 0. The molecular weight excluding hydrogens is 310 g/mol. The third kappa shape index (κ3) is 3.54. The van der Waals surface area contributed by atoms with Crippen LogP contribution in [0.3, 0.4) is 0 Å². The Balaban J connectivity index is 2.02. The molecule has 2 aromatic rings. The molecule has 0 fully saturated rings.